The Bertz CT molecular complexity index is 2220. The Morgan fingerprint density at radius 1 is 0.839 bits per heavy atom. The van der Waals surface area contributed by atoms with Gasteiger partial charge in [0.2, 0.25) is 21.8 Å². The maximum Gasteiger partial charge on any atom is 0.251 e. The first kappa shape index (κ1) is 47.2. The predicted molar refractivity (Wildman–Crippen MR) is 237 cm³/mol. The molecular formula is C46H58N6O9S. The van der Waals surface area contributed by atoms with Crippen LogP contribution in [0.15, 0.2) is 103 Å². The molecule has 0 radical (unpaired) electrons. The Labute approximate surface area is 364 Å². The van der Waals surface area contributed by atoms with Crippen LogP contribution in [0.5, 0.6) is 5.75 Å². The van der Waals surface area contributed by atoms with Gasteiger partial charge < -0.3 is 35.4 Å². The van der Waals surface area contributed by atoms with Crippen LogP contribution in [0.3, 0.4) is 0 Å². The van der Waals surface area contributed by atoms with E-state index in [1.165, 1.54) is 37.3 Å². The Morgan fingerprint density at radius 2 is 1.47 bits per heavy atom. The third-order valence-corrected chi connectivity index (χ3v) is 11.9. The molecule has 0 aromatic heterocycles. The van der Waals surface area contributed by atoms with E-state index in [0.717, 1.165) is 40.3 Å². The maximum atomic E-state index is 14.3. The third kappa shape index (κ3) is 14.4. The largest absolute Gasteiger partial charge is 0.497 e. The molecule has 1 aliphatic heterocycles. The Balaban J connectivity index is 1.38. The predicted octanol–water partition coefficient (Wildman–Crippen LogP) is 3.54. The molecule has 4 N–H and O–H groups in total. The van der Waals surface area contributed by atoms with Crippen LogP contribution in [0.1, 0.15) is 63.2 Å². The summed E-state index contributed by atoms with van der Waals surface area (Å²) in [5.41, 5.74) is 2.47. The van der Waals surface area contributed by atoms with Crippen molar-refractivity contribution in [3.05, 3.63) is 131 Å². The summed E-state index contributed by atoms with van der Waals surface area (Å²) in [6.45, 7) is 5.68. The van der Waals surface area contributed by atoms with E-state index >= 15 is 0 Å². The molecule has 332 valence electrons. The van der Waals surface area contributed by atoms with E-state index in [0.29, 0.717) is 32.1 Å². The van der Waals surface area contributed by atoms with Gasteiger partial charge in [-0.1, -0.05) is 72.8 Å². The molecule has 4 aromatic rings. The second-order valence-corrected chi connectivity index (χ2v) is 17.4. The quantitative estimate of drug-likeness (QED) is 0.0966. The summed E-state index contributed by atoms with van der Waals surface area (Å²) in [6, 6.07) is 28.4. The van der Waals surface area contributed by atoms with Gasteiger partial charge in [-0.3, -0.25) is 28.4 Å². The fraction of sp³-hybridized carbons (Fsp3) is 0.391. The minimum absolute atomic E-state index is 0.0234. The van der Waals surface area contributed by atoms with Gasteiger partial charge in [-0.15, -0.1) is 0 Å². The Kier molecular flexibility index (Phi) is 17.4. The zero-order valence-corrected chi connectivity index (χ0v) is 36.6. The molecule has 3 unspecified atom stereocenters. The van der Waals surface area contributed by atoms with E-state index in [1.807, 2.05) is 73.7 Å². The average Bonchev–Trinajstić information content (AvgIpc) is 3.28. The van der Waals surface area contributed by atoms with Crippen molar-refractivity contribution in [2.45, 2.75) is 50.9 Å². The van der Waals surface area contributed by atoms with Crippen LogP contribution in [0.2, 0.25) is 0 Å². The second-order valence-electron chi connectivity index (χ2n) is 15.4. The third-order valence-electron chi connectivity index (χ3n) is 10.7. The summed E-state index contributed by atoms with van der Waals surface area (Å²) in [4.78, 5) is 58.4. The van der Waals surface area contributed by atoms with Gasteiger partial charge in [-0.25, -0.2) is 8.42 Å². The van der Waals surface area contributed by atoms with E-state index in [4.69, 9.17) is 9.47 Å². The van der Waals surface area contributed by atoms with Crippen LogP contribution in [0.25, 0.3) is 0 Å². The van der Waals surface area contributed by atoms with Gasteiger partial charge in [0.05, 0.1) is 50.5 Å². The molecule has 3 atom stereocenters. The lowest BCUT2D eigenvalue weighted by Gasteiger charge is -2.31. The summed E-state index contributed by atoms with van der Waals surface area (Å²) >= 11 is 0. The highest BCUT2D eigenvalue weighted by molar-refractivity contribution is 7.92. The van der Waals surface area contributed by atoms with Crippen molar-refractivity contribution in [2.24, 2.45) is 0 Å². The number of hydrogen-bond donors (Lipinski definition) is 4. The standard InChI is InChI=1S/C46H58N6O9S/c1-33(36-15-9-6-10-16-36)48-45(56)37-28-38(30-39(29-37)50(2)62(4,58)59)46(57)49-41(27-34-12-7-5-8-13-34)42(53)32-52(31-35-14-11-17-40(26-35)60-3)44(55)19-18-43(54)47-20-21-51-22-24-61-25-23-51/h5-17,26,28-30,33,41-42,53H,18-25,27,31-32H2,1-4H3,(H,47,54)(H,48,56)(H,49,57). The molecule has 0 aliphatic carbocycles. The highest BCUT2D eigenvalue weighted by Gasteiger charge is 2.28. The maximum absolute atomic E-state index is 14.3. The molecular weight excluding hydrogens is 813 g/mol. The first-order valence-electron chi connectivity index (χ1n) is 20.6. The zero-order chi connectivity index (χ0) is 44.6. The van der Waals surface area contributed by atoms with E-state index in [9.17, 15) is 32.7 Å². The molecule has 0 spiro atoms. The summed E-state index contributed by atoms with van der Waals surface area (Å²) in [7, 11) is -0.940. The number of benzene rings is 4. The Hall–Kier alpha value is -5.81. The molecule has 4 aromatic carbocycles. The van der Waals surface area contributed by atoms with Crippen molar-refractivity contribution < 1.29 is 42.2 Å². The lowest BCUT2D eigenvalue weighted by Crippen LogP contribution is -2.50. The van der Waals surface area contributed by atoms with Crippen molar-refractivity contribution in [1.29, 1.82) is 0 Å². The molecule has 15 nitrogen and oxygen atoms in total. The number of ether oxygens (including phenoxy) is 2. The van der Waals surface area contributed by atoms with Gasteiger partial charge in [-0.05, 0) is 60.4 Å². The number of sulfonamides is 1. The summed E-state index contributed by atoms with van der Waals surface area (Å²) in [5, 5.41) is 20.7. The minimum Gasteiger partial charge on any atom is -0.497 e. The molecule has 5 rings (SSSR count). The summed E-state index contributed by atoms with van der Waals surface area (Å²) in [6.07, 6.45) is -0.335. The van der Waals surface area contributed by atoms with Gasteiger partial charge in [-0.2, -0.15) is 0 Å². The lowest BCUT2D eigenvalue weighted by atomic mass is 9.99. The van der Waals surface area contributed by atoms with Crippen LogP contribution in [0, 0.1) is 0 Å². The number of anilines is 1. The number of amides is 4. The van der Waals surface area contributed by atoms with Gasteiger partial charge in [0.15, 0.2) is 0 Å². The molecule has 0 bridgehead atoms. The topological polar surface area (TPSA) is 187 Å². The van der Waals surface area contributed by atoms with Crippen LogP contribution in [-0.4, -0.2) is 125 Å². The van der Waals surface area contributed by atoms with Crippen LogP contribution in [-0.2, 0) is 37.3 Å². The van der Waals surface area contributed by atoms with E-state index in [-0.39, 0.29) is 61.0 Å². The highest BCUT2D eigenvalue weighted by atomic mass is 32.2. The number of methoxy groups -OCH3 is 1. The van der Waals surface area contributed by atoms with Crippen molar-refractivity contribution in [1.82, 2.24) is 25.8 Å². The molecule has 1 aliphatic rings. The van der Waals surface area contributed by atoms with Crippen LogP contribution in [0.4, 0.5) is 5.69 Å². The van der Waals surface area contributed by atoms with Crippen molar-refractivity contribution in [3.63, 3.8) is 0 Å². The smallest absolute Gasteiger partial charge is 0.251 e. The van der Waals surface area contributed by atoms with Crippen molar-refractivity contribution in [2.75, 3.05) is 70.7 Å². The number of rotatable bonds is 21. The summed E-state index contributed by atoms with van der Waals surface area (Å²) in [5.74, 6) is -1.28. The summed E-state index contributed by atoms with van der Waals surface area (Å²) < 4.78 is 37.1. The second kappa shape index (κ2) is 22.9. The van der Waals surface area contributed by atoms with Crippen LogP contribution < -0.4 is 25.0 Å². The molecule has 4 amide bonds. The average molecular weight is 871 g/mol. The molecule has 62 heavy (non-hydrogen) atoms. The van der Waals surface area contributed by atoms with E-state index in [2.05, 4.69) is 20.9 Å². The van der Waals surface area contributed by atoms with Gasteiger partial charge in [0.1, 0.15) is 5.75 Å². The van der Waals surface area contributed by atoms with Gasteiger partial charge in [0.25, 0.3) is 11.8 Å². The Morgan fingerprint density at radius 3 is 2.11 bits per heavy atom. The van der Waals surface area contributed by atoms with Gasteiger partial charge >= 0.3 is 0 Å². The van der Waals surface area contributed by atoms with E-state index in [1.54, 1.807) is 18.2 Å². The molecule has 16 heteroatoms. The number of nitrogens with one attached hydrogen (secondary N) is 3. The number of nitrogens with zero attached hydrogens (tertiary/aromatic N) is 3. The highest BCUT2D eigenvalue weighted by Crippen LogP contribution is 2.23. The van der Waals surface area contributed by atoms with E-state index < -0.39 is 40.0 Å². The number of aliphatic hydroxyl groups is 1. The van der Waals surface area contributed by atoms with Crippen LogP contribution >= 0.6 is 0 Å². The first-order chi connectivity index (χ1) is 29.7. The molecule has 1 fully saturated rings. The number of morpholine rings is 1. The first-order valence-corrected chi connectivity index (χ1v) is 22.5. The number of hydrogen-bond acceptors (Lipinski definition) is 10. The fourth-order valence-corrected chi connectivity index (χ4v) is 7.49. The number of carbonyl (C=O) groups is 4. The normalized spacial score (nSPS) is 14.5. The number of aliphatic hydroxyl groups excluding tert-OH is 1. The minimum atomic E-state index is -3.80. The molecule has 0 saturated carbocycles. The van der Waals surface area contributed by atoms with Crippen molar-refractivity contribution >= 4 is 39.3 Å². The lowest BCUT2D eigenvalue weighted by molar-refractivity contribution is -0.135. The molecule has 1 saturated heterocycles. The van der Waals surface area contributed by atoms with Gasteiger partial charge in [0, 0.05) is 70.3 Å². The monoisotopic (exact) mass is 870 g/mol. The fourth-order valence-electron chi connectivity index (χ4n) is 7.00. The zero-order valence-electron chi connectivity index (χ0n) is 35.8. The number of carbonyl (C=O) groups excluding carboxylic acids is 4. The SMILES string of the molecule is COc1cccc(CN(CC(O)C(Cc2ccccc2)NC(=O)c2cc(C(=O)NC(C)c3ccccc3)cc(N(C)S(C)(=O)=O)c2)C(=O)CCC(=O)NCCN2CCOCC2)c1. The molecule has 1 heterocycles. The van der Waals surface area contributed by atoms with Crippen molar-refractivity contribution in [3.8, 4) is 5.75 Å².